The fourth-order valence-electron chi connectivity index (χ4n) is 2.52. The van der Waals surface area contributed by atoms with Gasteiger partial charge in [0.05, 0.1) is 18.6 Å². The first kappa shape index (κ1) is 19.7. The van der Waals surface area contributed by atoms with Crippen LogP contribution in [0.15, 0.2) is 64.4 Å². The topological polar surface area (TPSA) is 73.2 Å². The van der Waals surface area contributed by atoms with Crippen LogP contribution in [0.5, 0.6) is 5.75 Å². The van der Waals surface area contributed by atoms with Gasteiger partial charge in [-0.2, -0.15) is 9.78 Å². The van der Waals surface area contributed by atoms with Gasteiger partial charge in [0.1, 0.15) is 10.8 Å². The number of anilines is 1. The second kappa shape index (κ2) is 8.75. The van der Waals surface area contributed by atoms with E-state index in [2.05, 4.69) is 10.4 Å². The zero-order valence-electron chi connectivity index (χ0n) is 15.9. The Morgan fingerprint density at radius 1 is 1.07 bits per heavy atom. The van der Waals surface area contributed by atoms with E-state index in [0.717, 1.165) is 16.9 Å². The summed E-state index contributed by atoms with van der Waals surface area (Å²) in [6, 6.07) is 16.0. The molecule has 6 nitrogen and oxygen atoms in total. The van der Waals surface area contributed by atoms with Crippen LogP contribution in [0.3, 0.4) is 0 Å². The number of thioether (sulfide) groups is 1. The van der Waals surface area contributed by atoms with Gasteiger partial charge in [-0.1, -0.05) is 17.8 Å². The number of rotatable bonds is 6. The lowest BCUT2D eigenvalue weighted by Gasteiger charge is -2.09. The van der Waals surface area contributed by atoms with Gasteiger partial charge in [0.15, 0.2) is 0 Å². The highest BCUT2D eigenvalue weighted by molar-refractivity contribution is 7.99. The summed E-state index contributed by atoms with van der Waals surface area (Å²) in [4.78, 5) is 24.4. The number of nitrogens with one attached hydrogen (secondary N) is 1. The average molecular weight is 395 g/mol. The van der Waals surface area contributed by atoms with Crippen LogP contribution in [-0.2, 0) is 4.79 Å². The highest BCUT2D eigenvalue weighted by Crippen LogP contribution is 2.18. The molecule has 0 spiro atoms. The number of amides is 1. The third kappa shape index (κ3) is 4.80. The first-order valence-corrected chi connectivity index (χ1v) is 9.69. The quantitative estimate of drug-likeness (QED) is 0.646. The number of carbonyl (C=O) groups is 1. The Labute approximate surface area is 167 Å². The average Bonchev–Trinajstić information content (AvgIpc) is 2.70. The summed E-state index contributed by atoms with van der Waals surface area (Å²) in [7, 11) is 1.59. The highest BCUT2D eigenvalue weighted by atomic mass is 32.2. The fraction of sp³-hybridized carbons (Fsp3) is 0.190. The summed E-state index contributed by atoms with van der Waals surface area (Å²) in [6.07, 6.45) is 0. The maximum Gasteiger partial charge on any atom is 0.271 e. The summed E-state index contributed by atoms with van der Waals surface area (Å²) in [6.45, 7) is 4.01. The van der Waals surface area contributed by atoms with Crippen molar-refractivity contribution in [1.82, 2.24) is 9.78 Å². The van der Waals surface area contributed by atoms with Crippen molar-refractivity contribution in [3.63, 3.8) is 0 Å². The molecule has 0 fully saturated rings. The maximum atomic E-state index is 12.2. The van der Waals surface area contributed by atoms with Crippen LogP contribution in [0.4, 0.5) is 5.69 Å². The van der Waals surface area contributed by atoms with Crippen LogP contribution in [0.2, 0.25) is 0 Å². The van der Waals surface area contributed by atoms with Crippen LogP contribution < -0.4 is 15.6 Å². The molecule has 0 saturated carbocycles. The number of aryl methyl sites for hydroxylation is 2. The zero-order chi connectivity index (χ0) is 20.1. The maximum absolute atomic E-state index is 12.2. The Kier molecular flexibility index (Phi) is 6.16. The van der Waals surface area contributed by atoms with Crippen LogP contribution in [0.1, 0.15) is 11.1 Å². The molecule has 2 aromatic carbocycles. The van der Waals surface area contributed by atoms with Gasteiger partial charge in [-0.3, -0.25) is 9.59 Å². The van der Waals surface area contributed by atoms with E-state index in [1.54, 1.807) is 37.4 Å². The van der Waals surface area contributed by atoms with Crippen molar-refractivity contribution in [3.8, 4) is 11.4 Å². The van der Waals surface area contributed by atoms with E-state index in [0.29, 0.717) is 16.4 Å². The number of carbonyl (C=O) groups excluding carboxylic acids is 1. The molecule has 7 heteroatoms. The molecule has 0 unspecified atom stereocenters. The van der Waals surface area contributed by atoms with Crippen LogP contribution >= 0.6 is 11.8 Å². The van der Waals surface area contributed by atoms with E-state index in [1.807, 2.05) is 32.0 Å². The smallest absolute Gasteiger partial charge is 0.271 e. The minimum atomic E-state index is -0.213. The Morgan fingerprint density at radius 3 is 2.50 bits per heavy atom. The lowest BCUT2D eigenvalue weighted by Crippen LogP contribution is -2.21. The van der Waals surface area contributed by atoms with Crippen molar-refractivity contribution >= 4 is 23.4 Å². The molecule has 3 aromatic rings. The number of benzene rings is 2. The summed E-state index contributed by atoms with van der Waals surface area (Å²) in [5.41, 5.74) is 3.42. The van der Waals surface area contributed by atoms with E-state index in [-0.39, 0.29) is 17.2 Å². The van der Waals surface area contributed by atoms with Crippen LogP contribution in [-0.4, -0.2) is 28.6 Å². The number of hydrogen-bond donors (Lipinski definition) is 1. The van der Waals surface area contributed by atoms with Crippen molar-refractivity contribution in [2.24, 2.45) is 0 Å². The van der Waals surface area contributed by atoms with Gasteiger partial charge >= 0.3 is 0 Å². The van der Waals surface area contributed by atoms with Gasteiger partial charge in [-0.05, 0) is 67.4 Å². The summed E-state index contributed by atoms with van der Waals surface area (Å²) in [5, 5.41) is 7.81. The zero-order valence-corrected chi connectivity index (χ0v) is 16.7. The van der Waals surface area contributed by atoms with E-state index < -0.39 is 0 Å². The molecule has 0 atom stereocenters. The molecule has 28 heavy (non-hydrogen) atoms. The molecule has 1 N–H and O–H groups in total. The predicted octanol–water partition coefficient (Wildman–Crippen LogP) is 3.59. The van der Waals surface area contributed by atoms with Gasteiger partial charge in [0.25, 0.3) is 5.56 Å². The standard InChI is InChI=1S/C21H21N3O3S/c1-14-4-7-17(12-15(14)2)24-21(26)11-10-20(23-24)28-13-19(25)22-16-5-8-18(27-3)9-6-16/h4-12H,13H2,1-3H3,(H,22,25). The van der Waals surface area contributed by atoms with Crippen molar-refractivity contribution < 1.29 is 9.53 Å². The SMILES string of the molecule is COc1ccc(NC(=O)CSc2ccc(=O)n(-c3ccc(C)c(C)c3)n2)cc1. The molecule has 1 amide bonds. The number of methoxy groups -OCH3 is 1. The molecule has 1 heterocycles. The van der Waals surface area contributed by atoms with Gasteiger partial charge in [0.2, 0.25) is 5.91 Å². The molecule has 144 valence electrons. The minimum Gasteiger partial charge on any atom is -0.497 e. The third-order valence-electron chi connectivity index (χ3n) is 4.24. The Balaban J connectivity index is 1.68. The molecule has 3 rings (SSSR count). The van der Waals surface area contributed by atoms with Gasteiger partial charge in [0, 0.05) is 11.8 Å². The monoisotopic (exact) mass is 395 g/mol. The normalized spacial score (nSPS) is 10.5. The highest BCUT2D eigenvalue weighted by Gasteiger charge is 2.08. The van der Waals surface area contributed by atoms with Crippen molar-refractivity contribution in [1.29, 1.82) is 0 Å². The van der Waals surface area contributed by atoms with Crippen molar-refractivity contribution in [3.05, 3.63) is 76.1 Å². The molecular formula is C21H21N3O3S. The number of aromatic nitrogens is 2. The molecule has 0 aliphatic rings. The minimum absolute atomic E-state index is 0.152. The molecule has 0 bridgehead atoms. The van der Waals surface area contributed by atoms with E-state index in [9.17, 15) is 9.59 Å². The lowest BCUT2D eigenvalue weighted by atomic mass is 10.1. The number of hydrogen-bond acceptors (Lipinski definition) is 5. The first-order valence-electron chi connectivity index (χ1n) is 8.71. The summed E-state index contributed by atoms with van der Waals surface area (Å²) < 4.78 is 6.45. The number of ether oxygens (including phenoxy) is 1. The molecule has 0 saturated heterocycles. The predicted molar refractivity (Wildman–Crippen MR) is 112 cm³/mol. The van der Waals surface area contributed by atoms with Crippen molar-refractivity contribution in [2.75, 3.05) is 18.2 Å². The largest absolute Gasteiger partial charge is 0.497 e. The number of nitrogens with zero attached hydrogens (tertiary/aromatic N) is 2. The fourth-order valence-corrected chi connectivity index (χ4v) is 3.18. The first-order chi connectivity index (χ1) is 13.5. The Bertz CT molecular complexity index is 1050. The molecule has 0 aliphatic heterocycles. The summed E-state index contributed by atoms with van der Waals surface area (Å²) in [5.74, 6) is 0.760. The molecule has 0 aliphatic carbocycles. The molecule has 1 aromatic heterocycles. The second-order valence-electron chi connectivity index (χ2n) is 6.26. The van der Waals surface area contributed by atoms with E-state index in [1.165, 1.54) is 22.5 Å². The van der Waals surface area contributed by atoms with Gasteiger partial charge in [-0.15, -0.1) is 0 Å². The summed E-state index contributed by atoms with van der Waals surface area (Å²) >= 11 is 1.27. The van der Waals surface area contributed by atoms with Crippen LogP contribution in [0, 0.1) is 13.8 Å². The lowest BCUT2D eigenvalue weighted by molar-refractivity contribution is -0.113. The Hall–Kier alpha value is -3.06. The van der Waals surface area contributed by atoms with Gasteiger partial charge in [-0.25, -0.2) is 0 Å². The van der Waals surface area contributed by atoms with E-state index in [4.69, 9.17) is 4.74 Å². The van der Waals surface area contributed by atoms with E-state index >= 15 is 0 Å². The third-order valence-corrected chi connectivity index (χ3v) is 5.16. The molecule has 0 radical (unpaired) electrons. The van der Waals surface area contributed by atoms with Crippen LogP contribution in [0.25, 0.3) is 5.69 Å². The van der Waals surface area contributed by atoms with Gasteiger partial charge < -0.3 is 10.1 Å². The van der Waals surface area contributed by atoms with Crippen molar-refractivity contribution in [2.45, 2.75) is 18.9 Å². The second-order valence-corrected chi connectivity index (χ2v) is 7.25. The molecular weight excluding hydrogens is 374 g/mol. The Morgan fingerprint density at radius 2 is 1.82 bits per heavy atom.